The van der Waals surface area contributed by atoms with Crippen LogP contribution in [0.4, 0.5) is 0 Å². The fraction of sp³-hybridized carbons (Fsp3) is 0.364. The Hall–Kier alpha value is -1.61. The topological polar surface area (TPSA) is 35.2 Å². The number of hydrogen-bond donors (Lipinski definition) is 1. The zero-order valence-electron chi connectivity index (χ0n) is 15.4. The summed E-state index contributed by atoms with van der Waals surface area (Å²) in [6.07, 6.45) is 2.62. The minimum atomic E-state index is -0.593. The van der Waals surface area contributed by atoms with Gasteiger partial charge >= 0.3 is 0 Å². The van der Waals surface area contributed by atoms with E-state index in [1.165, 1.54) is 0 Å². The van der Waals surface area contributed by atoms with Gasteiger partial charge in [-0.15, -0.1) is 19.0 Å². The highest BCUT2D eigenvalue weighted by atomic mass is 35.5. The van der Waals surface area contributed by atoms with Crippen LogP contribution in [0.5, 0.6) is 0 Å². The van der Waals surface area contributed by atoms with Gasteiger partial charge in [0.2, 0.25) is 0 Å². The van der Waals surface area contributed by atoms with Gasteiger partial charge in [0.25, 0.3) is 0 Å². The molecule has 2 aromatic carbocycles. The number of benzene rings is 2. The molecule has 2 nitrogen and oxygen atoms in total. The molecule has 0 aliphatic carbocycles. The van der Waals surface area contributed by atoms with Crippen LogP contribution in [0.3, 0.4) is 0 Å². The summed E-state index contributed by atoms with van der Waals surface area (Å²) in [5.74, 6) is 0.0488. The average molecular weight is 360 g/mol. The van der Waals surface area contributed by atoms with Crippen molar-refractivity contribution < 1.29 is 4.74 Å². The van der Waals surface area contributed by atoms with E-state index in [1.54, 1.807) is 0 Å². The van der Waals surface area contributed by atoms with Gasteiger partial charge in [-0.3, -0.25) is 0 Å². The highest BCUT2D eigenvalue weighted by Crippen LogP contribution is 2.45. The molecule has 3 heteroatoms. The molecule has 0 bridgehead atoms. The average Bonchev–Trinajstić information content (AvgIpc) is 2.60. The van der Waals surface area contributed by atoms with Crippen LogP contribution in [0.25, 0.3) is 0 Å². The molecular formula is C22H30ClNO. The Morgan fingerprint density at radius 1 is 1.04 bits per heavy atom. The molecule has 0 spiro atoms. The predicted octanol–water partition coefficient (Wildman–Crippen LogP) is 5.32. The summed E-state index contributed by atoms with van der Waals surface area (Å²) in [7, 11) is 0. The van der Waals surface area contributed by atoms with Crippen molar-refractivity contribution in [1.29, 1.82) is 0 Å². The number of hydrogen-bond acceptors (Lipinski definition) is 2. The molecule has 0 heterocycles. The smallest absolute Gasteiger partial charge is 0.122 e. The Morgan fingerprint density at radius 2 is 1.48 bits per heavy atom. The first kappa shape index (κ1) is 21.4. The van der Waals surface area contributed by atoms with E-state index in [0.29, 0.717) is 6.61 Å². The van der Waals surface area contributed by atoms with E-state index in [0.717, 1.165) is 17.5 Å². The van der Waals surface area contributed by atoms with Crippen LogP contribution in [0.1, 0.15) is 38.3 Å². The number of nitrogens with two attached hydrogens (primary N) is 1. The minimum Gasteiger partial charge on any atom is -0.365 e. The molecule has 2 atom stereocenters. The van der Waals surface area contributed by atoms with Gasteiger partial charge in [0.05, 0.1) is 0 Å². The predicted molar refractivity (Wildman–Crippen MR) is 109 cm³/mol. The number of rotatable bonds is 8. The third-order valence-corrected chi connectivity index (χ3v) is 4.96. The molecule has 136 valence electrons. The SMILES string of the molecule is C=CCC(C)(N)C(C)C(OCC)(c1ccccc1)c1ccccc1.Cl. The molecule has 0 radical (unpaired) electrons. The van der Waals surface area contributed by atoms with E-state index in [-0.39, 0.29) is 18.3 Å². The molecule has 2 aromatic rings. The van der Waals surface area contributed by atoms with E-state index in [4.69, 9.17) is 10.5 Å². The molecule has 2 rings (SSSR count). The van der Waals surface area contributed by atoms with Gasteiger partial charge in [-0.05, 0) is 31.4 Å². The lowest BCUT2D eigenvalue weighted by Gasteiger charge is -2.46. The second-order valence-corrected chi connectivity index (χ2v) is 6.62. The van der Waals surface area contributed by atoms with Crippen LogP contribution in [-0.2, 0) is 10.3 Å². The van der Waals surface area contributed by atoms with Gasteiger partial charge in [0.1, 0.15) is 5.60 Å². The summed E-state index contributed by atoms with van der Waals surface area (Å²) in [5, 5.41) is 0. The molecule has 0 saturated heterocycles. The van der Waals surface area contributed by atoms with Gasteiger partial charge in [0.15, 0.2) is 0 Å². The van der Waals surface area contributed by atoms with Gasteiger partial charge in [-0.1, -0.05) is 73.7 Å². The Balaban J connectivity index is 0.00000312. The number of halogens is 1. The van der Waals surface area contributed by atoms with Crippen molar-refractivity contribution in [3.63, 3.8) is 0 Å². The molecule has 0 amide bonds. The maximum atomic E-state index is 6.71. The summed E-state index contributed by atoms with van der Waals surface area (Å²) in [6, 6.07) is 20.8. The fourth-order valence-electron chi connectivity index (χ4n) is 3.51. The lowest BCUT2D eigenvalue weighted by atomic mass is 9.67. The minimum absolute atomic E-state index is 0. The molecule has 25 heavy (non-hydrogen) atoms. The first-order valence-electron chi connectivity index (χ1n) is 8.63. The van der Waals surface area contributed by atoms with E-state index in [1.807, 2.05) is 25.1 Å². The van der Waals surface area contributed by atoms with Crippen LogP contribution in [0, 0.1) is 5.92 Å². The van der Waals surface area contributed by atoms with E-state index >= 15 is 0 Å². The molecule has 2 unspecified atom stereocenters. The largest absolute Gasteiger partial charge is 0.365 e. The zero-order chi connectivity index (χ0) is 17.6. The Kier molecular flexibility index (Phi) is 7.88. The maximum absolute atomic E-state index is 6.71. The zero-order valence-corrected chi connectivity index (χ0v) is 16.3. The van der Waals surface area contributed by atoms with Crippen LogP contribution in [0.15, 0.2) is 73.3 Å². The second kappa shape index (κ2) is 9.19. The normalized spacial score (nSPS) is 14.9. The molecule has 0 aliphatic rings. The van der Waals surface area contributed by atoms with Crippen LogP contribution >= 0.6 is 12.4 Å². The lowest BCUT2D eigenvalue weighted by molar-refractivity contribution is -0.0715. The van der Waals surface area contributed by atoms with Crippen LogP contribution in [0.2, 0.25) is 0 Å². The van der Waals surface area contributed by atoms with Gasteiger partial charge < -0.3 is 10.5 Å². The third kappa shape index (κ3) is 4.33. The third-order valence-electron chi connectivity index (χ3n) is 4.96. The van der Waals surface area contributed by atoms with Gasteiger partial charge in [-0.25, -0.2) is 0 Å². The highest BCUT2D eigenvalue weighted by Gasteiger charge is 2.47. The quantitative estimate of drug-likeness (QED) is 0.647. The lowest BCUT2D eigenvalue weighted by Crippen LogP contribution is -2.54. The summed E-state index contributed by atoms with van der Waals surface area (Å²) in [5.41, 5.74) is 7.94. The summed E-state index contributed by atoms with van der Waals surface area (Å²) in [4.78, 5) is 0. The fourth-order valence-corrected chi connectivity index (χ4v) is 3.51. The first-order chi connectivity index (χ1) is 11.5. The summed E-state index contributed by atoms with van der Waals surface area (Å²) < 4.78 is 6.48. The monoisotopic (exact) mass is 359 g/mol. The van der Waals surface area contributed by atoms with Crippen LogP contribution in [-0.4, -0.2) is 12.1 Å². The molecule has 0 aromatic heterocycles. The molecule has 2 N–H and O–H groups in total. The molecule has 0 saturated carbocycles. The van der Waals surface area contributed by atoms with Crippen molar-refractivity contribution in [3.05, 3.63) is 84.4 Å². The Labute approximate surface area is 158 Å². The van der Waals surface area contributed by atoms with E-state index < -0.39 is 11.1 Å². The van der Waals surface area contributed by atoms with E-state index in [2.05, 4.69) is 69.0 Å². The standard InChI is InChI=1S/C22H29NO.ClH/c1-5-17-21(4,23)18(3)22(24-6-2,19-13-9-7-10-14-19)20-15-11-8-12-16-20;/h5,7-16,18H,1,6,17,23H2,2-4H3;1H. The highest BCUT2D eigenvalue weighted by molar-refractivity contribution is 5.85. The van der Waals surface area contributed by atoms with Crippen molar-refractivity contribution in [1.82, 2.24) is 0 Å². The van der Waals surface area contributed by atoms with Crippen LogP contribution < -0.4 is 5.73 Å². The van der Waals surface area contributed by atoms with Gasteiger partial charge in [0, 0.05) is 18.1 Å². The molecule has 0 aliphatic heterocycles. The van der Waals surface area contributed by atoms with Crippen molar-refractivity contribution in [2.75, 3.05) is 6.61 Å². The Bertz CT molecular complexity index is 600. The summed E-state index contributed by atoms with van der Waals surface area (Å²) in [6.45, 7) is 10.8. The number of ether oxygens (including phenoxy) is 1. The molecule has 0 fully saturated rings. The Morgan fingerprint density at radius 3 is 1.84 bits per heavy atom. The maximum Gasteiger partial charge on any atom is 0.122 e. The van der Waals surface area contributed by atoms with E-state index in [9.17, 15) is 0 Å². The first-order valence-corrected chi connectivity index (χ1v) is 8.63. The van der Waals surface area contributed by atoms with Crippen molar-refractivity contribution in [2.45, 2.75) is 38.3 Å². The molecular weight excluding hydrogens is 330 g/mol. The second-order valence-electron chi connectivity index (χ2n) is 6.62. The van der Waals surface area contributed by atoms with Crippen molar-refractivity contribution in [3.8, 4) is 0 Å². The van der Waals surface area contributed by atoms with Gasteiger partial charge in [-0.2, -0.15) is 0 Å². The van der Waals surface area contributed by atoms with Crippen molar-refractivity contribution in [2.24, 2.45) is 11.7 Å². The summed E-state index contributed by atoms with van der Waals surface area (Å²) >= 11 is 0. The van der Waals surface area contributed by atoms with Crippen molar-refractivity contribution >= 4 is 12.4 Å².